The third-order valence-corrected chi connectivity index (χ3v) is 5.55. The first kappa shape index (κ1) is 22.1. The van der Waals surface area contributed by atoms with E-state index in [1.807, 2.05) is 24.3 Å². The molecule has 0 atom stereocenters. The number of fused-ring (bicyclic) bond motifs is 1. The fraction of sp³-hybridized carbons (Fsp3) is 0.154. The average molecular weight is 467 g/mol. The Morgan fingerprint density at radius 2 is 1.59 bits per heavy atom. The molecule has 0 spiro atoms. The highest BCUT2D eigenvalue weighted by Crippen LogP contribution is 2.34. The van der Waals surface area contributed by atoms with Crippen molar-refractivity contribution in [3.63, 3.8) is 0 Å². The maximum Gasteiger partial charge on any atom is 0.343 e. The molecule has 0 saturated carbocycles. The first-order chi connectivity index (χ1) is 15.1. The van der Waals surface area contributed by atoms with E-state index in [0.717, 1.165) is 5.56 Å². The monoisotopic (exact) mass is 466 g/mol. The van der Waals surface area contributed by atoms with Crippen molar-refractivity contribution >= 4 is 40.1 Å². The second-order valence-electron chi connectivity index (χ2n) is 8.46. The van der Waals surface area contributed by atoms with E-state index >= 15 is 0 Å². The van der Waals surface area contributed by atoms with E-state index in [1.54, 1.807) is 30.3 Å². The second kappa shape index (κ2) is 8.45. The van der Waals surface area contributed by atoms with Gasteiger partial charge in [0, 0.05) is 15.6 Å². The molecule has 4 aromatic rings. The van der Waals surface area contributed by atoms with Gasteiger partial charge in [-0.3, -0.25) is 4.79 Å². The number of hydrogen-bond donors (Lipinski definition) is 0. The zero-order chi connectivity index (χ0) is 23.0. The molecule has 3 aromatic carbocycles. The van der Waals surface area contributed by atoms with Crippen molar-refractivity contribution in [2.45, 2.75) is 26.2 Å². The van der Waals surface area contributed by atoms with E-state index in [4.69, 9.17) is 32.4 Å². The molecule has 4 nitrogen and oxygen atoms in total. The summed E-state index contributed by atoms with van der Waals surface area (Å²) in [6.45, 7) is 6.33. The number of carbonyl (C=O) groups is 1. The Morgan fingerprint density at radius 3 is 2.25 bits per heavy atom. The highest BCUT2D eigenvalue weighted by Gasteiger charge is 2.22. The molecular formula is C26H20Cl2O4. The lowest BCUT2D eigenvalue weighted by Gasteiger charge is -2.19. The second-order valence-corrected chi connectivity index (χ2v) is 9.33. The Bertz CT molecular complexity index is 1380. The van der Waals surface area contributed by atoms with Gasteiger partial charge in [0.25, 0.3) is 0 Å². The van der Waals surface area contributed by atoms with Gasteiger partial charge in [0.2, 0.25) is 11.2 Å². The third kappa shape index (κ3) is 4.43. The molecule has 4 rings (SSSR count). The Kier molecular flexibility index (Phi) is 5.85. The van der Waals surface area contributed by atoms with E-state index in [1.165, 1.54) is 12.1 Å². The summed E-state index contributed by atoms with van der Waals surface area (Å²) in [5, 5.41) is 0.982. The topological polar surface area (TPSA) is 56.5 Å². The summed E-state index contributed by atoms with van der Waals surface area (Å²) in [4.78, 5) is 26.1. The summed E-state index contributed by atoms with van der Waals surface area (Å²) in [6, 6.07) is 18.7. The lowest BCUT2D eigenvalue weighted by molar-refractivity contribution is 0.0731. The minimum atomic E-state index is -0.714. The summed E-state index contributed by atoms with van der Waals surface area (Å²) in [5.41, 5.74) is 1.77. The van der Waals surface area contributed by atoms with Gasteiger partial charge in [-0.15, -0.1) is 0 Å². The number of esters is 1. The van der Waals surface area contributed by atoms with E-state index in [9.17, 15) is 9.59 Å². The van der Waals surface area contributed by atoms with Crippen LogP contribution in [-0.2, 0) is 5.41 Å². The largest absolute Gasteiger partial charge is 0.452 e. The smallest absolute Gasteiger partial charge is 0.343 e. The number of ether oxygens (including phenoxy) is 1. The normalized spacial score (nSPS) is 11.5. The van der Waals surface area contributed by atoms with Gasteiger partial charge in [-0.05, 0) is 47.4 Å². The van der Waals surface area contributed by atoms with Crippen LogP contribution in [0.5, 0.6) is 5.75 Å². The molecule has 0 radical (unpaired) electrons. The van der Waals surface area contributed by atoms with Crippen LogP contribution in [0.3, 0.4) is 0 Å². The van der Waals surface area contributed by atoms with Crippen molar-refractivity contribution in [2.75, 3.05) is 0 Å². The van der Waals surface area contributed by atoms with Gasteiger partial charge in [-0.1, -0.05) is 74.3 Å². The molecule has 0 amide bonds. The molecule has 0 fully saturated rings. The Morgan fingerprint density at radius 1 is 0.906 bits per heavy atom. The summed E-state index contributed by atoms with van der Waals surface area (Å²) < 4.78 is 11.6. The van der Waals surface area contributed by atoms with E-state index < -0.39 is 11.4 Å². The zero-order valence-corrected chi connectivity index (χ0v) is 19.3. The minimum absolute atomic E-state index is 0.0403. The lowest BCUT2D eigenvalue weighted by atomic mass is 9.86. The Labute approximate surface area is 195 Å². The lowest BCUT2D eigenvalue weighted by Crippen LogP contribution is -2.16. The van der Waals surface area contributed by atoms with Crippen LogP contribution in [0.2, 0.25) is 10.0 Å². The number of benzene rings is 3. The number of rotatable bonds is 3. The van der Waals surface area contributed by atoms with Gasteiger partial charge in [-0.25, -0.2) is 4.79 Å². The number of carbonyl (C=O) groups excluding carboxylic acids is 1. The van der Waals surface area contributed by atoms with Gasteiger partial charge in [0.1, 0.15) is 5.58 Å². The van der Waals surface area contributed by atoms with Gasteiger partial charge in [0.15, 0.2) is 5.76 Å². The summed E-state index contributed by atoms with van der Waals surface area (Å²) in [7, 11) is 0. The van der Waals surface area contributed by atoms with E-state index in [-0.39, 0.29) is 27.9 Å². The number of hydrogen-bond acceptors (Lipinski definition) is 4. The van der Waals surface area contributed by atoms with Crippen molar-refractivity contribution < 1.29 is 13.9 Å². The third-order valence-electron chi connectivity index (χ3n) is 5.08. The predicted octanol–water partition coefficient (Wildman–Crippen LogP) is 7.28. The predicted molar refractivity (Wildman–Crippen MR) is 128 cm³/mol. The molecule has 0 aliphatic heterocycles. The molecule has 6 heteroatoms. The summed E-state index contributed by atoms with van der Waals surface area (Å²) >= 11 is 12.1. The molecule has 0 aliphatic carbocycles. The first-order valence-electron chi connectivity index (χ1n) is 9.98. The Balaban J connectivity index is 1.88. The quantitative estimate of drug-likeness (QED) is 0.297. The van der Waals surface area contributed by atoms with Crippen molar-refractivity contribution in [2.24, 2.45) is 0 Å². The van der Waals surface area contributed by atoms with Crippen molar-refractivity contribution in [3.05, 3.63) is 98.1 Å². The Hall–Kier alpha value is -3.08. The maximum absolute atomic E-state index is 13.3. The van der Waals surface area contributed by atoms with Crippen LogP contribution in [0.4, 0.5) is 0 Å². The van der Waals surface area contributed by atoms with Crippen LogP contribution >= 0.6 is 23.2 Å². The first-order valence-corrected chi connectivity index (χ1v) is 10.7. The van der Waals surface area contributed by atoms with Crippen LogP contribution in [0.15, 0.2) is 75.9 Å². The fourth-order valence-corrected chi connectivity index (χ4v) is 3.68. The molecule has 32 heavy (non-hydrogen) atoms. The molecular weight excluding hydrogens is 447 g/mol. The highest BCUT2D eigenvalue weighted by atomic mass is 35.5. The molecule has 0 aliphatic rings. The molecule has 0 bridgehead atoms. The summed E-state index contributed by atoms with van der Waals surface area (Å²) in [6.07, 6.45) is 0. The molecule has 0 N–H and O–H groups in total. The molecule has 1 aromatic heterocycles. The van der Waals surface area contributed by atoms with Crippen LogP contribution in [0.25, 0.3) is 22.3 Å². The van der Waals surface area contributed by atoms with Crippen molar-refractivity contribution in [3.8, 4) is 17.1 Å². The van der Waals surface area contributed by atoms with Crippen molar-refractivity contribution in [1.29, 1.82) is 0 Å². The van der Waals surface area contributed by atoms with Crippen LogP contribution in [-0.4, -0.2) is 5.97 Å². The van der Waals surface area contributed by atoms with Gasteiger partial charge >= 0.3 is 5.97 Å². The van der Waals surface area contributed by atoms with Gasteiger partial charge in [0.05, 0.1) is 10.9 Å². The maximum atomic E-state index is 13.3. The zero-order valence-electron chi connectivity index (χ0n) is 17.7. The molecule has 0 saturated heterocycles. The SMILES string of the molecule is CC(C)(C)c1ccc(-c2oc3ccc(Cl)cc3c(=O)c2OC(=O)c2cccc(Cl)c2)cc1. The number of halogens is 2. The standard InChI is InChI=1S/C26H20Cl2O4/c1-26(2,3)17-9-7-15(8-10-17)23-24(32-25(30)16-5-4-6-18(27)13-16)22(29)20-14-19(28)11-12-21(20)31-23/h4-14H,1-3H3. The van der Waals surface area contributed by atoms with E-state index in [0.29, 0.717) is 21.2 Å². The van der Waals surface area contributed by atoms with Crippen LogP contribution in [0, 0.1) is 0 Å². The van der Waals surface area contributed by atoms with Gasteiger partial charge in [-0.2, -0.15) is 0 Å². The molecule has 162 valence electrons. The van der Waals surface area contributed by atoms with Gasteiger partial charge < -0.3 is 9.15 Å². The van der Waals surface area contributed by atoms with Crippen molar-refractivity contribution in [1.82, 2.24) is 0 Å². The minimum Gasteiger partial charge on any atom is -0.452 e. The van der Waals surface area contributed by atoms with Crippen LogP contribution < -0.4 is 10.2 Å². The van der Waals surface area contributed by atoms with E-state index in [2.05, 4.69) is 20.8 Å². The molecule has 0 unspecified atom stereocenters. The highest BCUT2D eigenvalue weighted by molar-refractivity contribution is 6.31. The van der Waals surface area contributed by atoms with Crippen LogP contribution in [0.1, 0.15) is 36.7 Å². The average Bonchev–Trinajstić information content (AvgIpc) is 2.75. The molecule has 1 heterocycles. The fourth-order valence-electron chi connectivity index (χ4n) is 3.32. The summed E-state index contributed by atoms with van der Waals surface area (Å²) in [5.74, 6) is -0.748.